The van der Waals surface area contributed by atoms with Crippen molar-refractivity contribution in [2.24, 2.45) is 0 Å². The molecule has 23 heavy (non-hydrogen) atoms. The summed E-state index contributed by atoms with van der Waals surface area (Å²) in [7, 11) is 0. The highest BCUT2D eigenvalue weighted by atomic mass is 16.3. The number of piperidine rings is 1. The van der Waals surface area contributed by atoms with Crippen LogP contribution in [0.2, 0.25) is 0 Å². The van der Waals surface area contributed by atoms with E-state index in [1.807, 2.05) is 18.2 Å². The highest BCUT2D eigenvalue weighted by Crippen LogP contribution is 2.17. The zero-order chi connectivity index (χ0) is 16.7. The van der Waals surface area contributed by atoms with E-state index in [9.17, 15) is 9.90 Å². The third-order valence-electron chi connectivity index (χ3n) is 4.37. The van der Waals surface area contributed by atoms with Crippen LogP contribution in [0.4, 0.5) is 5.69 Å². The summed E-state index contributed by atoms with van der Waals surface area (Å²) < 4.78 is 0. The SMILES string of the molecule is CC(=O)Nc1cccc(C(C)NCCCN2CCC(O)CC2)c1. The Morgan fingerprint density at radius 2 is 2.13 bits per heavy atom. The third kappa shape index (κ3) is 6.29. The van der Waals surface area contributed by atoms with Crippen molar-refractivity contribution in [3.8, 4) is 0 Å². The van der Waals surface area contributed by atoms with Gasteiger partial charge in [-0.15, -0.1) is 0 Å². The molecule has 5 nitrogen and oxygen atoms in total. The van der Waals surface area contributed by atoms with E-state index >= 15 is 0 Å². The molecule has 0 spiro atoms. The van der Waals surface area contributed by atoms with E-state index < -0.39 is 0 Å². The van der Waals surface area contributed by atoms with Crippen LogP contribution in [-0.4, -0.2) is 48.2 Å². The molecule has 0 bridgehead atoms. The lowest BCUT2D eigenvalue weighted by atomic mass is 10.1. The first-order chi connectivity index (χ1) is 11.0. The summed E-state index contributed by atoms with van der Waals surface area (Å²) in [4.78, 5) is 13.6. The Labute approximate surface area is 139 Å². The number of likely N-dealkylation sites (tertiary alicyclic amines) is 1. The summed E-state index contributed by atoms with van der Waals surface area (Å²) in [5.74, 6) is -0.0468. The fraction of sp³-hybridized carbons (Fsp3) is 0.611. The Hall–Kier alpha value is -1.43. The summed E-state index contributed by atoms with van der Waals surface area (Å²) in [5, 5.41) is 15.9. The van der Waals surface area contributed by atoms with Gasteiger partial charge in [0.2, 0.25) is 5.91 Å². The molecule has 1 aromatic carbocycles. The number of carbonyl (C=O) groups is 1. The molecule has 5 heteroatoms. The molecular formula is C18H29N3O2. The van der Waals surface area contributed by atoms with E-state index in [-0.39, 0.29) is 18.1 Å². The molecule has 2 rings (SSSR count). The average molecular weight is 319 g/mol. The molecule has 0 saturated carbocycles. The first kappa shape index (κ1) is 17.9. The molecule has 1 aliphatic rings. The maximum atomic E-state index is 11.1. The monoisotopic (exact) mass is 319 g/mol. The number of hydrogen-bond acceptors (Lipinski definition) is 4. The van der Waals surface area contributed by atoms with Gasteiger partial charge in [0.1, 0.15) is 0 Å². The Morgan fingerprint density at radius 3 is 2.83 bits per heavy atom. The fourth-order valence-corrected chi connectivity index (χ4v) is 2.97. The molecule has 1 saturated heterocycles. The van der Waals surface area contributed by atoms with Crippen molar-refractivity contribution in [2.75, 3.05) is 31.5 Å². The van der Waals surface area contributed by atoms with Crippen molar-refractivity contribution in [3.05, 3.63) is 29.8 Å². The number of hydrogen-bond donors (Lipinski definition) is 3. The molecule has 1 fully saturated rings. The van der Waals surface area contributed by atoms with Gasteiger partial charge in [-0.3, -0.25) is 4.79 Å². The topological polar surface area (TPSA) is 64.6 Å². The van der Waals surface area contributed by atoms with Crippen molar-refractivity contribution >= 4 is 11.6 Å². The molecule has 0 aromatic heterocycles. The normalized spacial score (nSPS) is 17.9. The van der Waals surface area contributed by atoms with Crippen LogP contribution < -0.4 is 10.6 Å². The number of aliphatic hydroxyl groups is 1. The number of aliphatic hydroxyl groups excluding tert-OH is 1. The number of anilines is 1. The van der Waals surface area contributed by atoms with Crippen molar-refractivity contribution in [3.63, 3.8) is 0 Å². The Kier molecular flexibility index (Phi) is 7.02. The predicted octanol–water partition coefficient (Wildman–Crippen LogP) is 2.14. The van der Waals surface area contributed by atoms with Gasteiger partial charge in [-0.05, 0) is 57.0 Å². The van der Waals surface area contributed by atoms with Crippen molar-refractivity contribution < 1.29 is 9.90 Å². The minimum Gasteiger partial charge on any atom is -0.393 e. The molecule has 0 radical (unpaired) electrons. The molecule has 1 atom stereocenters. The first-order valence-electron chi connectivity index (χ1n) is 8.56. The van der Waals surface area contributed by atoms with Crippen LogP contribution in [0, 0.1) is 0 Å². The summed E-state index contributed by atoms with van der Waals surface area (Å²) >= 11 is 0. The molecule has 3 N–H and O–H groups in total. The van der Waals surface area contributed by atoms with Crippen LogP contribution in [0.15, 0.2) is 24.3 Å². The van der Waals surface area contributed by atoms with Gasteiger partial charge < -0.3 is 20.6 Å². The second kappa shape index (κ2) is 9.01. The van der Waals surface area contributed by atoms with Crippen LogP contribution in [0.3, 0.4) is 0 Å². The molecule has 128 valence electrons. The molecule has 1 unspecified atom stereocenters. The molecule has 1 heterocycles. The van der Waals surface area contributed by atoms with Crippen LogP contribution in [0.25, 0.3) is 0 Å². The second-order valence-electron chi connectivity index (χ2n) is 6.41. The zero-order valence-electron chi connectivity index (χ0n) is 14.2. The second-order valence-corrected chi connectivity index (χ2v) is 6.41. The molecule has 1 aliphatic heterocycles. The van der Waals surface area contributed by atoms with Gasteiger partial charge in [-0.2, -0.15) is 0 Å². The molecule has 1 amide bonds. The Morgan fingerprint density at radius 1 is 1.39 bits per heavy atom. The van der Waals surface area contributed by atoms with E-state index in [0.717, 1.165) is 51.1 Å². The summed E-state index contributed by atoms with van der Waals surface area (Å²) in [6.45, 7) is 7.73. The zero-order valence-corrected chi connectivity index (χ0v) is 14.2. The first-order valence-corrected chi connectivity index (χ1v) is 8.56. The molecule has 0 aliphatic carbocycles. The van der Waals surface area contributed by atoms with Gasteiger partial charge in [0.15, 0.2) is 0 Å². The lowest BCUT2D eigenvalue weighted by Crippen LogP contribution is -2.37. The quantitative estimate of drug-likeness (QED) is 0.674. The lowest BCUT2D eigenvalue weighted by Gasteiger charge is -2.29. The van der Waals surface area contributed by atoms with Gasteiger partial charge in [0.25, 0.3) is 0 Å². The van der Waals surface area contributed by atoms with Crippen LogP contribution in [0.5, 0.6) is 0 Å². The largest absolute Gasteiger partial charge is 0.393 e. The van der Waals surface area contributed by atoms with Crippen LogP contribution in [0.1, 0.15) is 44.7 Å². The third-order valence-corrected chi connectivity index (χ3v) is 4.37. The smallest absolute Gasteiger partial charge is 0.221 e. The molecular weight excluding hydrogens is 290 g/mol. The van der Waals surface area contributed by atoms with Gasteiger partial charge in [0, 0.05) is 31.7 Å². The standard InChI is InChI=1S/C18H29N3O2/c1-14(16-5-3-6-17(13-16)20-15(2)22)19-9-4-10-21-11-7-18(23)8-12-21/h3,5-6,13-14,18-19,23H,4,7-12H2,1-2H3,(H,20,22). The van der Waals surface area contributed by atoms with E-state index in [1.54, 1.807) is 0 Å². The minimum absolute atomic E-state index is 0.0468. The maximum Gasteiger partial charge on any atom is 0.221 e. The number of amides is 1. The molecule has 1 aromatic rings. The van der Waals surface area contributed by atoms with Gasteiger partial charge in [-0.25, -0.2) is 0 Å². The number of nitrogens with zero attached hydrogens (tertiary/aromatic N) is 1. The minimum atomic E-state index is -0.0970. The summed E-state index contributed by atoms with van der Waals surface area (Å²) in [6.07, 6.45) is 2.81. The van der Waals surface area contributed by atoms with Crippen molar-refractivity contribution in [1.29, 1.82) is 0 Å². The maximum absolute atomic E-state index is 11.1. The predicted molar refractivity (Wildman–Crippen MR) is 93.5 cm³/mol. The van der Waals surface area contributed by atoms with Gasteiger partial charge in [0.05, 0.1) is 6.10 Å². The lowest BCUT2D eigenvalue weighted by molar-refractivity contribution is -0.114. The number of rotatable bonds is 7. The average Bonchev–Trinajstić information content (AvgIpc) is 2.52. The van der Waals surface area contributed by atoms with E-state index in [1.165, 1.54) is 12.5 Å². The fourth-order valence-electron chi connectivity index (χ4n) is 2.97. The van der Waals surface area contributed by atoms with E-state index in [0.29, 0.717) is 0 Å². The van der Waals surface area contributed by atoms with Crippen molar-refractivity contribution in [2.45, 2.75) is 45.3 Å². The highest BCUT2D eigenvalue weighted by Gasteiger charge is 2.16. The number of benzene rings is 1. The van der Waals surface area contributed by atoms with E-state index in [2.05, 4.69) is 28.5 Å². The van der Waals surface area contributed by atoms with E-state index in [4.69, 9.17) is 0 Å². The number of nitrogens with one attached hydrogen (secondary N) is 2. The summed E-state index contributed by atoms with van der Waals surface area (Å²) in [5.41, 5.74) is 2.02. The Balaban J connectivity index is 1.70. The van der Waals surface area contributed by atoms with Gasteiger partial charge >= 0.3 is 0 Å². The van der Waals surface area contributed by atoms with Crippen LogP contribution in [-0.2, 0) is 4.79 Å². The highest BCUT2D eigenvalue weighted by molar-refractivity contribution is 5.88. The van der Waals surface area contributed by atoms with Crippen LogP contribution >= 0.6 is 0 Å². The van der Waals surface area contributed by atoms with Gasteiger partial charge in [-0.1, -0.05) is 12.1 Å². The Bertz CT molecular complexity index is 499. The van der Waals surface area contributed by atoms with Crippen molar-refractivity contribution in [1.82, 2.24) is 10.2 Å². The number of carbonyl (C=O) groups excluding carboxylic acids is 1. The summed E-state index contributed by atoms with van der Waals surface area (Å²) in [6, 6.07) is 8.23.